The van der Waals surface area contributed by atoms with Crippen molar-refractivity contribution in [3.63, 3.8) is 0 Å². The third-order valence-electron chi connectivity index (χ3n) is 4.55. The van der Waals surface area contributed by atoms with E-state index >= 15 is 0 Å². The van der Waals surface area contributed by atoms with Crippen LogP contribution in [0.15, 0.2) is 29.3 Å². The topological polar surface area (TPSA) is 146 Å². The number of amides is 1. The molecule has 2 aromatic heterocycles. The molecule has 1 atom stereocenters. The van der Waals surface area contributed by atoms with E-state index in [2.05, 4.69) is 38.2 Å². The van der Waals surface area contributed by atoms with E-state index in [1.807, 2.05) is 12.1 Å². The quantitative estimate of drug-likeness (QED) is 0.656. The summed E-state index contributed by atoms with van der Waals surface area (Å²) in [4.78, 5) is 35.8. The average molecular weight is 375 g/mol. The fraction of sp³-hybridized carbons (Fsp3) is 0.167. The number of nitriles is 1. The van der Waals surface area contributed by atoms with Crippen LogP contribution in [-0.4, -0.2) is 43.3 Å². The zero-order valence-corrected chi connectivity index (χ0v) is 14.5. The largest absolute Gasteiger partial charge is 0.477 e. The van der Waals surface area contributed by atoms with Crippen molar-refractivity contribution in [1.82, 2.24) is 24.9 Å². The van der Waals surface area contributed by atoms with E-state index < -0.39 is 11.9 Å². The molecule has 0 spiro atoms. The Labute approximate surface area is 158 Å². The van der Waals surface area contributed by atoms with Crippen molar-refractivity contribution >= 4 is 30.3 Å². The molecular formula is C18H13N7O3. The second-order valence-electron chi connectivity index (χ2n) is 6.20. The molecule has 2 N–H and O–H groups in total. The number of benzene rings is 1. The maximum atomic E-state index is 12.7. The maximum Gasteiger partial charge on any atom is 0.354 e. The predicted molar refractivity (Wildman–Crippen MR) is 96.6 cm³/mol. The highest BCUT2D eigenvalue weighted by Gasteiger charge is 2.26. The smallest absolute Gasteiger partial charge is 0.354 e. The lowest BCUT2D eigenvalue weighted by atomic mass is 10.1. The highest BCUT2D eigenvalue weighted by atomic mass is 16.4. The van der Waals surface area contributed by atoms with E-state index in [0.29, 0.717) is 12.0 Å². The van der Waals surface area contributed by atoms with Crippen LogP contribution in [0.3, 0.4) is 0 Å². The molecule has 2 heterocycles. The summed E-state index contributed by atoms with van der Waals surface area (Å²) in [6, 6.07) is 8.34. The van der Waals surface area contributed by atoms with Crippen molar-refractivity contribution in [3.8, 4) is 6.07 Å². The van der Waals surface area contributed by atoms with Gasteiger partial charge in [-0.3, -0.25) is 4.79 Å². The van der Waals surface area contributed by atoms with Gasteiger partial charge in [0.25, 0.3) is 17.6 Å². The van der Waals surface area contributed by atoms with Gasteiger partial charge in [-0.25, -0.2) is 14.8 Å². The van der Waals surface area contributed by atoms with Gasteiger partial charge in [-0.15, -0.1) is 5.10 Å². The van der Waals surface area contributed by atoms with E-state index in [9.17, 15) is 14.7 Å². The normalized spacial score (nSPS) is 15.0. The number of aromatic carboxylic acids is 1. The lowest BCUT2D eigenvalue weighted by Crippen LogP contribution is -2.28. The number of hydrogen-bond donors (Lipinski definition) is 2. The monoisotopic (exact) mass is 375 g/mol. The molecule has 138 valence electrons. The molecule has 10 nitrogen and oxygen atoms in total. The third-order valence-corrected chi connectivity index (χ3v) is 4.55. The lowest BCUT2D eigenvalue weighted by Gasteiger charge is -2.14. The van der Waals surface area contributed by atoms with Crippen LogP contribution in [0.4, 0.5) is 5.95 Å². The highest BCUT2D eigenvalue weighted by Crippen LogP contribution is 2.31. The first-order valence-corrected chi connectivity index (χ1v) is 8.32. The summed E-state index contributed by atoms with van der Waals surface area (Å²) in [7, 11) is 0. The van der Waals surface area contributed by atoms with Gasteiger partial charge in [0.15, 0.2) is 5.69 Å². The zero-order valence-electron chi connectivity index (χ0n) is 14.5. The molecule has 4 rings (SSSR count). The van der Waals surface area contributed by atoms with Crippen molar-refractivity contribution in [2.45, 2.75) is 18.9 Å². The molecule has 1 amide bonds. The van der Waals surface area contributed by atoms with Crippen LogP contribution in [-0.2, 0) is 6.42 Å². The molecule has 1 aliphatic carbocycles. The average Bonchev–Trinajstić information content (AvgIpc) is 3.30. The highest BCUT2D eigenvalue weighted by molar-refractivity contribution is 5.96. The Morgan fingerprint density at radius 2 is 2.18 bits per heavy atom. The number of nitrogens with zero attached hydrogens (tertiary/aromatic N) is 6. The second kappa shape index (κ2) is 6.55. The number of aliphatic imine (C=N–C) groups is 1. The Hall–Kier alpha value is -4.13. The number of aromatic nitrogens is 4. The van der Waals surface area contributed by atoms with Gasteiger partial charge < -0.3 is 10.4 Å². The number of rotatable bonds is 4. The molecule has 1 aromatic carbocycles. The number of carbonyl (C=O) groups is 2. The Balaban J connectivity index is 1.66. The van der Waals surface area contributed by atoms with Gasteiger partial charge in [-0.1, -0.05) is 6.07 Å². The van der Waals surface area contributed by atoms with Crippen LogP contribution in [0.2, 0.25) is 0 Å². The molecule has 0 fully saturated rings. The number of hydrogen-bond acceptors (Lipinski definition) is 7. The van der Waals surface area contributed by atoms with Crippen LogP contribution >= 0.6 is 0 Å². The lowest BCUT2D eigenvalue weighted by molar-refractivity contribution is 0.0687. The van der Waals surface area contributed by atoms with Crippen molar-refractivity contribution in [3.05, 3.63) is 52.3 Å². The van der Waals surface area contributed by atoms with Crippen molar-refractivity contribution in [2.24, 2.45) is 4.99 Å². The van der Waals surface area contributed by atoms with Gasteiger partial charge >= 0.3 is 5.97 Å². The summed E-state index contributed by atoms with van der Waals surface area (Å²) >= 11 is 0. The van der Waals surface area contributed by atoms with Crippen LogP contribution in [0, 0.1) is 11.3 Å². The second-order valence-corrected chi connectivity index (χ2v) is 6.20. The first kappa shape index (κ1) is 17.3. The fourth-order valence-electron chi connectivity index (χ4n) is 3.26. The summed E-state index contributed by atoms with van der Waals surface area (Å²) in [5.74, 6) is -1.90. The Bertz CT molecular complexity index is 1190. The molecule has 3 aromatic rings. The van der Waals surface area contributed by atoms with Crippen LogP contribution in [0.1, 0.15) is 50.1 Å². The predicted octanol–water partition coefficient (Wildman–Crippen LogP) is 1.44. The zero-order chi connectivity index (χ0) is 19.8. The minimum absolute atomic E-state index is 0.0365. The van der Waals surface area contributed by atoms with Crippen molar-refractivity contribution < 1.29 is 14.7 Å². The van der Waals surface area contributed by atoms with E-state index in [4.69, 9.17) is 5.26 Å². The van der Waals surface area contributed by atoms with Crippen LogP contribution in [0.25, 0.3) is 5.78 Å². The van der Waals surface area contributed by atoms with Crippen LogP contribution < -0.4 is 5.32 Å². The first-order valence-electron chi connectivity index (χ1n) is 8.32. The first-order chi connectivity index (χ1) is 13.5. The number of carboxylic acid groups (broad SMARTS) is 1. The minimum Gasteiger partial charge on any atom is -0.477 e. The fourth-order valence-corrected chi connectivity index (χ4v) is 3.26. The molecule has 10 heteroatoms. The molecule has 0 saturated heterocycles. The van der Waals surface area contributed by atoms with Gasteiger partial charge in [0.05, 0.1) is 17.7 Å². The van der Waals surface area contributed by atoms with E-state index in [0.717, 1.165) is 28.1 Å². The molecular weight excluding hydrogens is 362 g/mol. The molecule has 0 aliphatic heterocycles. The minimum atomic E-state index is -1.28. The number of carbonyl (C=O) groups excluding carboxylic acids is 1. The van der Waals surface area contributed by atoms with Gasteiger partial charge in [0.2, 0.25) is 0 Å². The summed E-state index contributed by atoms with van der Waals surface area (Å²) in [5.41, 5.74) is 2.17. The van der Waals surface area contributed by atoms with Gasteiger partial charge in [-0.05, 0) is 42.8 Å². The van der Waals surface area contributed by atoms with E-state index in [1.165, 1.54) is 0 Å². The number of nitrogens with one attached hydrogen (secondary N) is 1. The SMILES string of the molecule is C=Nc1nc2nc(C(=O)N[C@H]3CCc4cc(C#N)ccc43)cc(C(=O)O)n2n1. The molecule has 1 aliphatic rings. The number of carboxylic acids is 1. The van der Waals surface area contributed by atoms with Crippen LogP contribution in [0.5, 0.6) is 0 Å². The Kier molecular flexibility index (Phi) is 4.04. The Morgan fingerprint density at radius 1 is 1.36 bits per heavy atom. The standard InChI is InChI=1S/C18H13N7O3/c1-20-17-23-18-22-13(7-14(16(27)28)25(18)24-17)15(26)21-12-5-3-10-6-9(8-19)2-4-11(10)12/h2,4,6-7,12H,1,3,5H2,(H,21,26)(H,27,28)/t12-/m0/s1. The number of aryl methyl sites for hydroxylation is 1. The van der Waals surface area contributed by atoms with Gasteiger partial charge in [0.1, 0.15) is 5.69 Å². The molecule has 0 saturated carbocycles. The van der Waals surface area contributed by atoms with Crippen molar-refractivity contribution in [1.29, 1.82) is 5.26 Å². The summed E-state index contributed by atoms with van der Waals surface area (Å²) in [6.07, 6.45) is 1.42. The van der Waals surface area contributed by atoms with E-state index in [-0.39, 0.29) is 29.2 Å². The molecule has 28 heavy (non-hydrogen) atoms. The van der Waals surface area contributed by atoms with Gasteiger partial charge in [-0.2, -0.15) is 14.8 Å². The van der Waals surface area contributed by atoms with Gasteiger partial charge in [0, 0.05) is 6.07 Å². The molecule has 0 radical (unpaired) electrons. The summed E-state index contributed by atoms with van der Waals surface area (Å²) in [6.45, 7) is 3.30. The maximum absolute atomic E-state index is 12.7. The molecule has 0 unspecified atom stereocenters. The number of fused-ring (bicyclic) bond motifs is 2. The molecule has 0 bridgehead atoms. The Morgan fingerprint density at radius 3 is 2.89 bits per heavy atom. The summed E-state index contributed by atoms with van der Waals surface area (Å²) < 4.78 is 0.997. The van der Waals surface area contributed by atoms with Crippen molar-refractivity contribution in [2.75, 3.05) is 0 Å². The van der Waals surface area contributed by atoms with E-state index in [1.54, 1.807) is 6.07 Å². The third kappa shape index (κ3) is 2.84. The summed E-state index contributed by atoms with van der Waals surface area (Å²) in [5, 5.41) is 25.2.